The summed E-state index contributed by atoms with van der Waals surface area (Å²) in [6.45, 7) is 6.71. The third-order valence-electron chi connectivity index (χ3n) is 6.58. The van der Waals surface area contributed by atoms with Crippen molar-refractivity contribution in [2.45, 2.75) is 26.8 Å². The zero-order chi connectivity index (χ0) is 26.1. The molecule has 1 unspecified atom stereocenters. The Morgan fingerprint density at radius 2 is 1.57 bits per heavy atom. The summed E-state index contributed by atoms with van der Waals surface area (Å²) >= 11 is 0. The van der Waals surface area contributed by atoms with Crippen LogP contribution in [0.3, 0.4) is 0 Å². The standard InChI is InChI=1S/C32H29NO4/c1-20(2)19-37-25-17-13-23(14-18-25)29-28(30(34)27-10-6-8-22-7-4-5-9-26(22)27)31(35)32(36)33(29)24-15-11-21(3)12-16-24/h4-18,20,29,34H,19H2,1-3H3/b30-28-. The minimum atomic E-state index is -0.791. The van der Waals surface area contributed by atoms with Crippen LogP contribution in [-0.2, 0) is 9.59 Å². The number of ketones is 1. The molecule has 1 heterocycles. The van der Waals surface area contributed by atoms with E-state index < -0.39 is 17.7 Å². The van der Waals surface area contributed by atoms with Gasteiger partial charge in [0, 0.05) is 11.3 Å². The zero-order valence-corrected chi connectivity index (χ0v) is 21.1. The molecule has 5 rings (SSSR count). The van der Waals surface area contributed by atoms with Crippen LogP contribution in [0.5, 0.6) is 5.75 Å². The van der Waals surface area contributed by atoms with Gasteiger partial charge in [0.15, 0.2) is 0 Å². The van der Waals surface area contributed by atoms with Gasteiger partial charge in [-0.1, -0.05) is 86.1 Å². The summed E-state index contributed by atoms with van der Waals surface area (Å²) in [5.74, 6) is -0.477. The van der Waals surface area contributed by atoms with Gasteiger partial charge in [-0.05, 0) is 53.4 Å². The summed E-state index contributed by atoms with van der Waals surface area (Å²) in [6.07, 6.45) is 0. The first-order valence-electron chi connectivity index (χ1n) is 12.4. The molecule has 1 fully saturated rings. The van der Waals surface area contributed by atoms with Crippen LogP contribution in [0.1, 0.15) is 36.6 Å². The first-order valence-corrected chi connectivity index (χ1v) is 12.4. The molecule has 1 aliphatic rings. The number of fused-ring (bicyclic) bond motifs is 1. The molecule has 1 N–H and O–H groups in total. The zero-order valence-electron chi connectivity index (χ0n) is 21.1. The maximum atomic E-state index is 13.5. The second kappa shape index (κ2) is 9.94. The number of aryl methyl sites for hydroxylation is 1. The van der Waals surface area contributed by atoms with Crippen LogP contribution in [0.2, 0.25) is 0 Å². The highest BCUT2D eigenvalue weighted by Crippen LogP contribution is 2.43. The van der Waals surface area contributed by atoms with Crippen LogP contribution < -0.4 is 9.64 Å². The third-order valence-corrected chi connectivity index (χ3v) is 6.58. The lowest BCUT2D eigenvalue weighted by Crippen LogP contribution is -2.29. The van der Waals surface area contributed by atoms with Gasteiger partial charge >= 0.3 is 0 Å². The van der Waals surface area contributed by atoms with Gasteiger partial charge in [0.05, 0.1) is 18.2 Å². The first kappa shape index (κ1) is 24.3. The van der Waals surface area contributed by atoms with E-state index in [1.807, 2.05) is 91.9 Å². The summed E-state index contributed by atoms with van der Waals surface area (Å²) in [7, 11) is 0. The fourth-order valence-corrected chi connectivity index (χ4v) is 4.71. The Labute approximate surface area is 216 Å². The number of amides is 1. The van der Waals surface area contributed by atoms with Crippen molar-refractivity contribution in [2.24, 2.45) is 5.92 Å². The van der Waals surface area contributed by atoms with Gasteiger partial charge in [0.25, 0.3) is 11.7 Å². The number of hydrogen-bond acceptors (Lipinski definition) is 4. The quantitative estimate of drug-likeness (QED) is 0.183. The molecule has 186 valence electrons. The van der Waals surface area contributed by atoms with E-state index in [0.717, 1.165) is 16.3 Å². The largest absolute Gasteiger partial charge is 0.507 e. The van der Waals surface area contributed by atoms with Crippen molar-refractivity contribution in [1.82, 2.24) is 0 Å². The van der Waals surface area contributed by atoms with Crippen LogP contribution in [0, 0.1) is 12.8 Å². The Balaban J connectivity index is 1.68. The minimum absolute atomic E-state index is 0.0674. The van der Waals surface area contributed by atoms with Crippen molar-refractivity contribution in [2.75, 3.05) is 11.5 Å². The number of rotatable bonds is 6. The Morgan fingerprint density at radius 3 is 2.27 bits per heavy atom. The Morgan fingerprint density at radius 1 is 0.892 bits per heavy atom. The molecule has 5 heteroatoms. The molecule has 1 atom stereocenters. The van der Waals surface area contributed by atoms with Crippen molar-refractivity contribution >= 4 is 33.9 Å². The van der Waals surface area contributed by atoms with E-state index in [9.17, 15) is 14.7 Å². The van der Waals surface area contributed by atoms with Gasteiger partial charge in [-0.25, -0.2) is 0 Å². The topological polar surface area (TPSA) is 66.8 Å². The minimum Gasteiger partial charge on any atom is -0.507 e. The smallest absolute Gasteiger partial charge is 0.300 e. The number of aliphatic hydroxyl groups excluding tert-OH is 1. The van der Waals surface area contributed by atoms with Crippen molar-refractivity contribution in [3.63, 3.8) is 0 Å². The average molecular weight is 492 g/mol. The van der Waals surface area contributed by atoms with Crippen LogP contribution in [0.25, 0.3) is 16.5 Å². The molecule has 0 saturated carbocycles. The second-order valence-corrected chi connectivity index (χ2v) is 9.81. The number of hydrogen-bond donors (Lipinski definition) is 1. The number of carbonyl (C=O) groups excluding carboxylic acids is 2. The summed E-state index contributed by atoms with van der Waals surface area (Å²) < 4.78 is 5.83. The van der Waals surface area contributed by atoms with E-state index in [2.05, 4.69) is 13.8 Å². The van der Waals surface area contributed by atoms with Crippen LogP contribution >= 0.6 is 0 Å². The van der Waals surface area contributed by atoms with E-state index in [1.54, 1.807) is 6.07 Å². The summed E-state index contributed by atoms with van der Waals surface area (Å²) in [5, 5.41) is 13.3. The van der Waals surface area contributed by atoms with E-state index in [-0.39, 0.29) is 11.3 Å². The number of aliphatic hydroxyl groups is 1. The maximum Gasteiger partial charge on any atom is 0.300 e. The van der Waals surface area contributed by atoms with Gasteiger partial charge in [0.2, 0.25) is 0 Å². The molecule has 5 nitrogen and oxygen atoms in total. The predicted octanol–water partition coefficient (Wildman–Crippen LogP) is 6.81. The molecular formula is C32H29NO4. The van der Waals surface area contributed by atoms with Crippen LogP contribution in [0.4, 0.5) is 5.69 Å². The number of Topliss-reactive ketones (excluding diaryl/α,β-unsaturated/α-hetero) is 1. The molecule has 0 aromatic heterocycles. The van der Waals surface area contributed by atoms with E-state index in [1.165, 1.54) is 4.90 Å². The fraction of sp³-hybridized carbons (Fsp3) is 0.188. The van der Waals surface area contributed by atoms with Crippen molar-refractivity contribution in [3.8, 4) is 5.75 Å². The number of nitrogens with zero attached hydrogens (tertiary/aromatic N) is 1. The van der Waals surface area contributed by atoms with E-state index in [0.29, 0.717) is 35.1 Å². The average Bonchev–Trinajstić information content (AvgIpc) is 3.17. The number of ether oxygens (including phenoxy) is 1. The van der Waals surface area contributed by atoms with Gasteiger partial charge < -0.3 is 9.84 Å². The van der Waals surface area contributed by atoms with E-state index >= 15 is 0 Å². The Hall–Kier alpha value is -4.38. The van der Waals surface area contributed by atoms with Gasteiger partial charge in [0.1, 0.15) is 11.5 Å². The third kappa shape index (κ3) is 4.60. The van der Waals surface area contributed by atoms with Crippen LogP contribution in [0.15, 0.2) is 96.6 Å². The molecule has 0 aliphatic carbocycles. The molecule has 37 heavy (non-hydrogen) atoms. The van der Waals surface area contributed by atoms with E-state index in [4.69, 9.17) is 4.74 Å². The molecule has 4 aromatic rings. The molecule has 1 amide bonds. The van der Waals surface area contributed by atoms with Gasteiger partial charge in [-0.2, -0.15) is 0 Å². The van der Waals surface area contributed by atoms with Crippen molar-refractivity contribution < 1.29 is 19.4 Å². The number of anilines is 1. The highest BCUT2D eigenvalue weighted by molar-refractivity contribution is 6.51. The highest BCUT2D eigenvalue weighted by Gasteiger charge is 2.47. The molecule has 4 aromatic carbocycles. The summed E-state index contributed by atoms with van der Waals surface area (Å²) in [4.78, 5) is 28.4. The van der Waals surface area contributed by atoms with Gasteiger partial charge in [-0.15, -0.1) is 0 Å². The summed E-state index contributed by atoms with van der Waals surface area (Å²) in [6, 6.07) is 27.3. The number of benzene rings is 4. The maximum absolute atomic E-state index is 13.5. The first-order chi connectivity index (χ1) is 17.8. The molecule has 0 spiro atoms. The fourth-order valence-electron chi connectivity index (χ4n) is 4.71. The molecule has 0 radical (unpaired) electrons. The monoisotopic (exact) mass is 491 g/mol. The lowest BCUT2D eigenvalue weighted by atomic mass is 9.93. The van der Waals surface area contributed by atoms with Gasteiger partial charge in [-0.3, -0.25) is 14.5 Å². The predicted molar refractivity (Wildman–Crippen MR) is 147 cm³/mol. The Kier molecular flexibility index (Phi) is 6.53. The normalized spacial score (nSPS) is 17.1. The van der Waals surface area contributed by atoms with Crippen molar-refractivity contribution in [3.05, 3.63) is 113 Å². The lowest BCUT2D eigenvalue weighted by Gasteiger charge is -2.26. The molecule has 1 aliphatic heterocycles. The summed E-state index contributed by atoms with van der Waals surface area (Å²) in [5.41, 5.74) is 2.92. The molecule has 1 saturated heterocycles. The van der Waals surface area contributed by atoms with Crippen LogP contribution in [-0.4, -0.2) is 23.4 Å². The molecule has 0 bridgehead atoms. The second-order valence-electron chi connectivity index (χ2n) is 9.81. The lowest BCUT2D eigenvalue weighted by molar-refractivity contribution is -0.132. The molecular weight excluding hydrogens is 462 g/mol. The number of carbonyl (C=O) groups is 2. The SMILES string of the molecule is Cc1ccc(N2C(=O)C(=O)/C(=C(\O)c3cccc4ccccc34)C2c2ccc(OCC(C)C)cc2)cc1. The Bertz CT molecular complexity index is 1500. The van der Waals surface area contributed by atoms with Crippen molar-refractivity contribution in [1.29, 1.82) is 0 Å². The highest BCUT2D eigenvalue weighted by atomic mass is 16.5.